The van der Waals surface area contributed by atoms with Crippen LogP contribution in [0.1, 0.15) is 17.5 Å². The summed E-state index contributed by atoms with van der Waals surface area (Å²) in [4.78, 5) is 1.78. The van der Waals surface area contributed by atoms with Crippen LogP contribution in [0.25, 0.3) is 0 Å². The first-order valence-electron chi connectivity index (χ1n) is 4.58. The summed E-state index contributed by atoms with van der Waals surface area (Å²) >= 11 is 0. The average Bonchev–Trinajstić information content (AvgIpc) is 2.16. The monoisotopic (exact) mass is 172 g/mol. The van der Waals surface area contributed by atoms with Gasteiger partial charge in [-0.05, 0) is 31.4 Å². The molecule has 0 spiro atoms. The van der Waals surface area contributed by atoms with Crippen molar-refractivity contribution in [2.45, 2.75) is 19.8 Å². The van der Waals surface area contributed by atoms with Crippen molar-refractivity contribution in [3.63, 3.8) is 0 Å². The molecule has 0 aliphatic carbocycles. The summed E-state index contributed by atoms with van der Waals surface area (Å²) in [6.07, 6.45) is 4.41. The maximum atomic E-state index is 8.88. The van der Waals surface area contributed by atoms with Crippen molar-refractivity contribution in [2.24, 2.45) is 0 Å². The Kier molecular flexibility index (Phi) is 1.94. The molecular weight excluding hydrogens is 160 g/mol. The van der Waals surface area contributed by atoms with E-state index in [1.165, 1.54) is 11.1 Å². The lowest BCUT2D eigenvalue weighted by molar-refractivity contribution is 0.767. The number of aryl methyl sites for hydroxylation is 2. The molecule has 13 heavy (non-hydrogen) atoms. The highest BCUT2D eigenvalue weighted by atomic mass is 15.1. The van der Waals surface area contributed by atoms with Gasteiger partial charge in [-0.1, -0.05) is 17.7 Å². The van der Waals surface area contributed by atoms with Crippen LogP contribution in [0.4, 0.5) is 5.69 Å². The molecule has 0 atom stereocenters. The van der Waals surface area contributed by atoms with Gasteiger partial charge in [-0.15, -0.1) is 0 Å². The van der Waals surface area contributed by atoms with Crippen molar-refractivity contribution in [3.8, 4) is 6.19 Å². The maximum absolute atomic E-state index is 8.88. The lowest BCUT2D eigenvalue weighted by Gasteiger charge is -2.24. The van der Waals surface area contributed by atoms with Gasteiger partial charge in [0.2, 0.25) is 0 Å². The number of hydrogen-bond acceptors (Lipinski definition) is 2. The highest BCUT2D eigenvalue weighted by molar-refractivity contribution is 5.59. The second-order valence-corrected chi connectivity index (χ2v) is 3.49. The summed E-state index contributed by atoms with van der Waals surface area (Å²) in [6.45, 7) is 2.96. The highest BCUT2D eigenvalue weighted by Gasteiger charge is 2.15. The molecule has 1 heterocycles. The molecule has 0 amide bonds. The minimum Gasteiger partial charge on any atom is -0.279 e. The minimum absolute atomic E-state index is 0.868. The van der Waals surface area contributed by atoms with Crippen LogP contribution in [0.5, 0.6) is 0 Å². The fourth-order valence-corrected chi connectivity index (χ4v) is 1.83. The van der Waals surface area contributed by atoms with Crippen LogP contribution in [-0.2, 0) is 6.42 Å². The summed E-state index contributed by atoms with van der Waals surface area (Å²) in [6, 6.07) is 6.29. The van der Waals surface area contributed by atoms with Crippen LogP contribution in [-0.4, -0.2) is 6.54 Å². The first-order chi connectivity index (χ1) is 6.31. The third kappa shape index (κ3) is 1.38. The molecule has 0 aromatic heterocycles. The zero-order valence-electron chi connectivity index (χ0n) is 7.75. The Hall–Kier alpha value is -1.49. The highest BCUT2D eigenvalue weighted by Crippen LogP contribution is 2.26. The first kappa shape index (κ1) is 8.12. The molecule has 1 aliphatic heterocycles. The standard InChI is InChI=1S/C11H12N2/c1-9-4-5-11-10(7-9)3-2-6-13(11)8-12/h4-5,7H,2-3,6H2,1H3. The van der Waals surface area contributed by atoms with Crippen molar-refractivity contribution in [2.75, 3.05) is 11.4 Å². The molecule has 0 radical (unpaired) electrons. The number of anilines is 1. The van der Waals surface area contributed by atoms with E-state index in [1.807, 2.05) is 6.07 Å². The van der Waals surface area contributed by atoms with Crippen molar-refractivity contribution < 1.29 is 0 Å². The van der Waals surface area contributed by atoms with Crippen LogP contribution in [0.3, 0.4) is 0 Å². The molecule has 0 saturated heterocycles. The van der Waals surface area contributed by atoms with Gasteiger partial charge in [-0.2, -0.15) is 5.26 Å². The van der Waals surface area contributed by atoms with Gasteiger partial charge < -0.3 is 0 Å². The van der Waals surface area contributed by atoms with Crippen molar-refractivity contribution in [1.82, 2.24) is 0 Å². The van der Waals surface area contributed by atoms with Crippen molar-refractivity contribution >= 4 is 5.69 Å². The van der Waals surface area contributed by atoms with E-state index < -0.39 is 0 Å². The minimum atomic E-state index is 0.868. The molecule has 1 aliphatic rings. The normalized spacial score (nSPS) is 14.9. The van der Waals surface area contributed by atoms with Gasteiger partial charge in [-0.3, -0.25) is 4.90 Å². The second-order valence-electron chi connectivity index (χ2n) is 3.49. The topological polar surface area (TPSA) is 27.0 Å². The van der Waals surface area contributed by atoms with Crippen molar-refractivity contribution in [1.29, 1.82) is 5.26 Å². The smallest absolute Gasteiger partial charge is 0.184 e. The van der Waals surface area contributed by atoms with E-state index in [9.17, 15) is 0 Å². The molecule has 0 N–H and O–H groups in total. The van der Waals surface area contributed by atoms with E-state index in [-0.39, 0.29) is 0 Å². The third-order valence-electron chi connectivity index (χ3n) is 2.47. The SMILES string of the molecule is Cc1ccc2c(c1)CCCN2C#N. The summed E-state index contributed by atoms with van der Waals surface area (Å²) < 4.78 is 0. The largest absolute Gasteiger partial charge is 0.279 e. The van der Waals surface area contributed by atoms with Gasteiger partial charge in [0.15, 0.2) is 6.19 Å². The molecule has 0 fully saturated rings. The number of fused-ring (bicyclic) bond motifs is 1. The Morgan fingerprint density at radius 3 is 3.08 bits per heavy atom. The summed E-state index contributed by atoms with van der Waals surface area (Å²) in [7, 11) is 0. The lowest BCUT2D eigenvalue weighted by Crippen LogP contribution is -2.23. The molecule has 0 unspecified atom stereocenters. The van der Waals surface area contributed by atoms with E-state index in [4.69, 9.17) is 5.26 Å². The van der Waals surface area contributed by atoms with Gasteiger partial charge in [0.1, 0.15) is 0 Å². The molecule has 2 rings (SSSR count). The molecular formula is C11H12N2. The van der Waals surface area contributed by atoms with E-state index in [0.29, 0.717) is 0 Å². The van der Waals surface area contributed by atoms with E-state index in [2.05, 4.69) is 25.2 Å². The van der Waals surface area contributed by atoms with Crippen LogP contribution in [0.15, 0.2) is 18.2 Å². The first-order valence-corrected chi connectivity index (χ1v) is 4.58. The quantitative estimate of drug-likeness (QED) is 0.561. The summed E-state index contributed by atoms with van der Waals surface area (Å²) in [5, 5.41) is 8.88. The zero-order chi connectivity index (χ0) is 9.26. The zero-order valence-corrected chi connectivity index (χ0v) is 7.75. The maximum Gasteiger partial charge on any atom is 0.184 e. The molecule has 2 heteroatoms. The summed E-state index contributed by atoms with van der Waals surface area (Å²) in [5.74, 6) is 0. The summed E-state index contributed by atoms with van der Waals surface area (Å²) in [5.41, 5.74) is 3.69. The number of rotatable bonds is 0. The Balaban J connectivity index is 2.47. The molecule has 2 nitrogen and oxygen atoms in total. The predicted molar refractivity (Wildman–Crippen MR) is 52.5 cm³/mol. The molecule has 0 bridgehead atoms. The van der Waals surface area contributed by atoms with Crippen LogP contribution < -0.4 is 4.90 Å². The van der Waals surface area contributed by atoms with E-state index in [1.54, 1.807) is 4.90 Å². The fraction of sp³-hybridized carbons (Fsp3) is 0.364. The van der Waals surface area contributed by atoms with Gasteiger partial charge in [0.25, 0.3) is 0 Å². The van der Waals surface area contributed by atoms with Gasteiger partial charge in [0, 0.05) is 6.54 Å². The number of hydrogen-bond donors (Lipinski definition) is 0. The average molecular weight is 172 g/mol. The molecule has 0 saturated carbocycles. The Morgan fingerprint density at radius 2 is 2.31 bits per heavy atom. The number of nitrogens with zero attached hydrogens (tertiary/aromatic N) is 2. The Labute approximate surface area is 78.4 Å². The third-order valence-corrected chi connectivity index (χ3v) is 2.47. The van der Waals surface area contributed by atoms with Crippen LogP contribution in [0, 0.1) is 18.4 Å². The predicted octanol–water partition coefficient (Wildman–Crippen LogP) is 2.23. The molecule has 1 aromatic rings. The van der Waals surface area contributed by atoms with E-state index in [0.717, 1.165) is 25.1 Å². The van der Waals surface area contributed by atoms with E-state index >= 15 is 0 Å². The van der Waals surface area contributed by atoms with Crippen LogP contribution in [0.2, 0.25) is 0 Å². The fourth-order valence-electron chi connectivity index (χ4n) is 1.83. The van der Waals surface area contributed by atoms with Gasteiger partial charge in [-0.25, -0.2) is 0 Å². The Morgan fingerprint density at radius 1 is 1.46 bits per heavy atom. The molecule has 66 valence electrons. The lowest BCUT2D eigenvalue weighted by atomic mass is 10.0. The van der Waals surface area contributed by atoms with Gasteiger partial charge >= 0.3 is 0 Å². The van der Waals surface area contributed by atoms with Gasteiger partial charge in [0.05, 0.1) is 5.69 Å². The van der Waals surface area contributed by atoms with Crippen LogP contribution >= 0.6 is 0 Å². The van der Waals surface area contributed by atoms with Crippen molar-refractivity contribution in [3.05, 3.63) is 29.3 Å². The molecule has 1 aromatic carbocycles. The Bertz CT molecular complexity index is 363. The number of nitriles is 1. The second kappa shape index (κ2) is 3.10. The number of benzene rings is 1.